The number of hydrogen-bond donors (Lipinski definition) is 1. The molecular weight excluding hydrogens is 546 g/mol. The largest absolute Gasteiger partial charge is 0.461 e. The molecule has 2 aromatic heterocycles. The Morgan fingerprint density at radius 1 is 1.09 bits per heavy atom. The number of rotatable bonds is 4. The number of nitrogens with zero attached hydrogens (tertiary/aromatic N) is 5. The number of fused-ring (bicyclic) bond motifs is 4. The number of nitrogens with one attached hydrogen (secondary N) is 1. The number of anilines is 1. The maximum atomic E-state index is 16.9. The molecule has 0 radical (unpaired) electrons. The van der Waals surface area contributed by atoms with Crippen LogP contribution >= 0.6 is 0 Å². The summed E-state index contributed by atoms with van der Waals surface area (Å²) in [5.74, 6) is 2.07. The molecule has 4 aliphatic rings. The quantitative estimate of drug-likeness (QED) is 0.332. The van der Waals surface area contributed by atoms with Gasteiger partial charge in [-0.15, -0.1) is 6.42 Å². The first kappa shape index (κ1) is 26.7. The van der Waals surface area contributed by atoms with Gasteiger partial charge in [-0.25, -0.2) is 13.8 Å². The van der Waals surface area contributed by atoms with Crippen molar-refractivity contribution < 1.29 is 13.5 Å². The lowest BCUT2D eigenvalue weighted by atomic mass is 9.95. The van der Waals surface area contributed by atoms with Gasteiger partial charge in [0.2, 0.25) is 0 Å². The maximum absolute atomic E-state index is 16.9. The second kappa shape index (κ2) is 10.1. The monoisotopic (exact) mass is 580 g/mol. The van der Waals surface area contributed by atoms with Crippen LogP contribution in [0.1, 0.15) is 50.3 Å². The summed E-state index contributed by atoms with van der Waals surface area (Å²) in [6.07, 6.45) is 11.7. The van der Waals surface area contributed by atoms with Crippen molar-refractivity contribution in [1.82, 2.24) is 25.2 Å². The van der Waals surface area contributed by atoms with E-state index in [2.05, 4.69) is 28.0 Å². The number of aromatic nitrogens is 3. The molecule has 6 heterocycles. The van der Waals surface area contributed by atoms with Crippen molar-refractivity contribution >= 4 is 27.5 Å². The van der Waals surface area contributed by atoms with Gasteiger partial charge in [0.05, 0.1) is 22.2 Å². The summed E-state index contributed by atoms with van der Waals surface area (Å²) in [5, 5.41) is 5.41. The van der Waals surface area contributed by atoms with Crippen molar-refractivity contribution in [3.05, 3.63) is 53.2 Å². The van der Waals surface area contributed by atoms with E-state index in [-0.39, 0.29) is 40.4 Å². The summed E-state index contributed by atoms with van der Waals surface area (Å²) in [5.41, 5.74) is 1.60. The molecule has 43 heavy (non-hydrogen) atoms. The van der Waals surface area contributed by atoms with E-state index in [1.165, 1.54) is 6.07 Å². The van der Waals surface area contributed by atoms with Gasteiger partial charge in [0.15, 0.2) is 5.82 Å². The summed E-state index contributed by atoms with van der Waals surface area (Å²) in [4.78, 5) is 19.5. The van der Waals surface area contributed by atoms with Crippen molar-refractivity contribution in [3.8, 4) is 29.6 Å². The highest BCUT2D eigenvalue weighted by molar-refractivity contribution is 6.02. The highest BCUT2D eigenvalue weighted by Gasteiger charge is 2.45. The summed E-state index contributed by atoms with van der Waals surface area (Å²) >= 11 is 0. The van der Waals surface area contributed by atoms with Crippen LogP contribution in [0.25, 0.3) is 32.9 Å². The fourth-order valence-corrected chi connectivity index (χ4v) is 7.97. The highest BCUT2D eigenvalue weighted by atomic mass is 19.1. The Morgan fingerprint density at radius 2 is 1.93 bits per heavy atom. The molecule has 0 aliphatic carbocycles. The van der Waals surface area contributed by atoms with Crippen LogP contribution in [0.2, 0.25) is 0 Å². The van der Waals surface area contributed by atoms with Gasteiger partial charge in [0.1, 0.15) is 29.5 Å². The minimum atomic E-state index is -0.574. The molecule has 0 spiro atoms. The molecule has 3 saturated heterocycles. The Labute approximate surface area is 249 Å². The zero-order chi connectivity index (χ0) is 29.3. The fraction of sp³-hybridized carbons (Fsp3) is 0.441. The average molecular weight is 581 g/mol. The van der Waals surface area contributed by atoms with Gasteiger partial charge < -0.3 is 15.0 Å². The minimum absolute atomic E-state index is 0.00426. The highest BCUT2D eigenvalue weighted by Crippen LogP contribution is 2.42. The van der Waals surface area contributed by atoms with Gasteiger partial charge in [-0.05, 0) is 70.0 Å². The summed E-state index contributed by atoms with van der Waals surface area (Å²) in [7, 11) is 0. The van der Waals surface area contributed by atoms with Crippen molar-refractivity contribution in [2.75, 3.05) is 37.7 Å². The number of hydrogen-bond acceptors (Lipinski definition) is 7. The van der Waals surface area contributed by atoms with Gasteiger partial charge >= 0.3 is 6.01 Å². The smallest absolute Gasteiger partial charge is 0.319 e. The van der Waals surface area contributed by atoms with E-state index >= 15 is 4.39 Å². The third-order valence-corrected chi connectivity index (χ3v) is 10.1. The molecular formula is C34H34F2N6O. The van der Waals surface area contributed by atoms with E-state index in [0.29, 0.717) is 35.2 Å². The number of pyridine rings is 1. The normalized spacial score (nSPS) is 22.8. The molecule has 2 unspecified atom stereocenters. The number of halogens is 2. The van der Waals surface area contributed by atoms with Crippen LogP contribution in [-0.2, 0) is 6.42 Å². The summed E-state index contributed by atoms with van der Waals surface area (Å²) in [6, 6.07) is 9.06. The molecule has 9 heteroatoms. The number of ether oxygens (including phenoxy) is 1. The Morgan fingerprint density at radius 3 is 2.74 bits per heavy atom. The predicted octanol–water partition coefficient (Wildman–Crippen LogP) is 5.22. The van der Waals surface area contributed by atoms with Crippen LogP contribution in [0.15, 0.2) is 30.3 Å². The number of terminal acetylenes is 1. The van der Waals surface area contributed by atoms with Crippen LogP contribution in [0.3, 0.4) is 0 Å². The number of piperazine rings is 1. The molecule has 1 N–H and O–H groups in total. The first-order chi connectivity index (χ1) is 21.0. The van der Waals surface area contributed by atoms with Gasteiger partial charge in [0, 0.05) is 36.1 Å². The number of aryl methyl sites for hydroxylation is 1. The fourth-order valence-electron chi connectivity index (χ4n) is 7.97. The second-order valence-corrected chi connectivity index (χ2v) is 12.6. The Bertz CT molecular complexity index is 1810. The maximum Gasteiger partial charge on any atom is 0.319 e. The summed E-state index contributed by atoms with van der Waals surface area (Å²) in [6.45, 7) is 6.36. The van der Waals surface area contributed by atoms with Crippen LogP contribution in [0, 0.1) is 24.0 Å². The van der Waals surface area contributed by atoms with Crippen molar-refractivity contribution in [3.63, 3.8) is 0 Å². The molecule has 8 rings (SSSR count). The Kier molecular flexibility index (Phi) is 6.28. The SMILES string of the molecule is C#Cc1c(F)ccc2cccc(-c3nc4c5c(nc(OCC67CCCN6CCC7)nc5c3F)N3CC(C)NCC3CC4)c12. The molecule has 4 aliphatic heterocycles. The first-order valence-corrected chi connectivity index (χ1v) is 15.4. The third-order valence-electron chi connectivity index (χ3n) is 10.1. The molecule has 0 bridgehead atoms. The van der Waals surface area contributed by atoms with E-state index in [9.17, 15) is 4.39 Å². The first-order valence-electron chi connectivity index (χ1n) is 15.4. The van der Waals surface area contributed by atoms with E-state index in [0.717, 1.165) is 69.4 Å². The van der Waals surface area contributed by atoms with Crippen LogP contribution < -0.4 is 15.0 Å². The molecule has 0 saturated carbocycles. The average Bonchev–Trinajstić information content (AvgIpc) is 3.56. The van der Waals surface area contributed by atoms with E-state index < -0.39 is 11.6 Å². The van der Waals surface area contributed by atoms with Crippen molar-refractivity contribution in [2.24, 2.45) is 0 Å². The van der Waals surface area contributed by atoms with Gasteiger partial charge in [-0.1, -0.05) is 30.2 Å². The van der Waals surface area contributed by atoms with Crippen molar-refractivity contribution in [1.29, 1.82) is 0 Å². The summed E-state index contributed by atoms with van der Waals surface area (Å²) < 4.78 is 38.2. The van der Waals surface area contributed by atoms with E-state index in [4.69, 9.17) is 26.1 Å². The topological polar surface area (TPSA) is 66.4 Å². The third kappa shape index (κ3) is 4.18. The van der Waals surface area contributed by atoms with Gasteiger partial charge in [-0.2, -0.15) is 9.97 Å². The van der Waals surface area contributed by atoms with Gasteiger partial charge in [0.25, 0.3) is 0 Å². The van der Waals surface area contributed by atoms with Crippen LogP contribution in [0.4, 0.5) is 14.6 Å². The minimum Gasteiger partial charge on any atom is -0.461 e. The molecule has 7 nitrogen and oxygen atoms in total. The van der Waals surface area contributed by atoms with Gasteiger partial charge in [-0.3, -0.25) is 4.90 Å². The zero-order valence-corrected chi connectivity index (χ0v) is 24.3. The molecule has 3 fully saturated rings. The van der Waals surface area contributed by atoms with E-state index in [1.54, 1.807) is 12.1 Å². The predicted molar refractivity (Wildman–Crippen MR) is 163 cm³/mol. The van der Waals surface area contributed by atoms with Crippen molar-refractivity contribution in [2.45, 2.75) is 63.1 Å². The zero-order valence-electron chi connectivity index (χ0n) is 24.3. The van der Waals surface area contributed by atoms with Crippen LogP contribution in [-0.4, -0.2) is 70.3 Å². The van der Waals surface area contributed by atoms with Crippen LogP contribution in [0.5, 0.6) is 6.01 Å². The standard InChI is InChI=1S/C34H34F2N6O/c1-3-23-25(35)11-9-21-7-4-8-24(27(21)23)30-29(36)31-28-26(38-30)12-10-22-17-37-20(2)18-42(22)32(28)40-33(39-31)43-19-34-13-5-15-41(34)16-6-14-34/h1,4,7-9,11,20,22,37H,5-6,10,12-19H2,2H3. The molecule has 2 atom stereocenters. The lowest BCUT2D eigenvalue weighted by Crippen LogP contribution is -2.55. The Hall–Kier alpha value is -3.87. The lowest BCUT2D eigenvalue weighted by Gasteiger charge is -2.39. The molecule has 0 amide bonds. The van der Waals surface area contributed by atoms with E-state index in [1.807, 2.05) is 12.1 Å². The molecule has 4 aromatic rings. The number of benzene rings is 2. The molecule has 2 aromatic carbocycles. The second-order valence-electron chi connectivity index (χ2n) is 12.6. The Balaban J connectivity index is 1.33. The molecule has 220 valence electrons. The lowest BCUT2D eigenvalue weighted by molar-refractivity contribution is 0.108.